The second-order valence-electron chi connectivity index (χ2n) is 4.86. The highest BCUT2D eigenvalue weighted by atomic mass is 16.4. The van der Waals surface area contributed by atoms with E-state index in [2.05, 4.69) is 33.3 Å². The van der Waals surface area contributed by atoms with Crippen LogP contribution in [0.15, 0.2) is 12.5 Å². The topological polar surface area (TPSA) is 79.2 Å². The Hall–Kier alpha value is -1.56. The van der Waals surface area contributed by atoms with E-state index in [9.17, 15) is 4.79 Å². The van der Waals surface area contributed by atoms with Crippen molar-refractivity contribution in [3.8, 4) is 0 Å². The summed E-state index contributed by atoms with van der Waals surface area (Å²) in [6.07, 6.45) is 5.55. The van der Waals surface area contributed by atoms with Crippen LogP contribution in [0.1, 0.15) is 31.4 Å². The molecule has 1 aliphatic rings. The first-order chi connectivity index (χ1) is 8.65. The molecule has 0 radical (unpaired) electrons. The fourth-order valence-corrected chi connectivity index (χ4v) is 1.94. The summed E-state index contributed by atoms with van der Waals surface area (Å²) in [4.78, 5) is 14.7. The van der Waals surface area contributed by atoms with Gasteiger partial charge >= 0.3 is 6.09 Å². The van der Waals surface area contributed by atoms with Crippen LogP contribution in [0, 0.1) is 0 Å². The predicted octanol–water partition coefficient (Wildman–Crippen LogP) is 1.01. The Labute approximate surface area is 106 Å². The van der Waals surface area contributed by atoms with Crippen molar-refractivity contribution >= 4 is 6.09 Å². The molecule has 1 atom stereocenters. The van der Waals surface area contributed by atoms with Gasteiger partial charge in [0.05, 0.1) is 12.0 Å². The van der Waals surface area contributed by atoms with Gasteiger partial charge in [-0.25, -0.2) is 9.78 Å². The molecule has 1 aromatic rings. The van der Waals surface area contributed by atoms with Crippen LogP contribution in [0.3, 0.4) is 0 Å². The van der Waals surface area contributed by atoms with Crippen LogP contribution >= 0.6 is 0 Å². The van der Waals surface area contributed by atoms with Gasteiger partial charge in [0.15, 0.2) is 0 Å². The number of hydrogen-bond acceptors (Lipinski definition) is 3. The zero-order chi connectivity index (χ0) is 13.0. The van der Waals surface area contributed by atoms with E-state index in [0.717, 1.165) is 6.54 Å². The molecule has 1 saturated carbocycles. The van der Waals surface area contributed by atoms with E-state index in [1.54, 1.807) is 0 Å². The predicted molar refractivity (Wildman–Crippen MR) is 67.7 cm³/mol. The molecular weight excluding hydrogens is 232 g/mol. The second-order valence-corrected chi connectivity index (χ2v) is 4.86. The van der Waals surface area contributed by atoms with Crippen molar-refractivity contribution in [1.29, 1.82) is 0 Å². The summed E-state index contributed by atoms with van der Waals surface area (Å²) in [6.45, 7) is 4.00. The van der Waals surface area contributed by atoms with Crippen molar-refractivity contribution in [2.75, 3.05) is 13.1 Å². The van der Waals surface area contributed by atoms with Gasteiger partial charge < -0.3 is 20.3 Å². The number of carbonyl (C=O) groups is 1. The average molecular weight is 252 g/mol. The van der Waals surface area contributed by atoms with Gasteiger partial charge in [-0.2, -0.15) is 0 Å². The molecule has 100 valence electrons. The van der Waals surface area contributed by atoms with Gasteiger partial charge in [-0.05, 0) is 19.8 Å². The summed E-state index contributed by atoms with van der Waals surface area (Å²) in [6, 6.07) is 0.293. The Balaban J connectivity index is 1.66. The fraction of sp³-hybridized carbons (Fsp3) is 0.667. The summed E-state index contributed by atoms with van der Waals surface area (Å²) >= 11 is 0. The third-order valence-corrected chi connectivity index (χ3v) is 3.03. The Morgan fingerprint density at radius 3 is 3.06 bits per heavy atom. The number of aromatic nitrogens is 2. The van der Waals surface area contributed by atoms with Crippen LogP contribution in [-0.2, 0) is 6.54 Å². The lowest BCUT2D eigenvalue weighted by atomic mass is 10.3. The number of amides is 1. The Kier molecular flexibility index (Phi) is 4.19. The zero-order valence-corrected chi connectivity index (χ0v) is 10.6. The minimum absolute atomic E-state index is 0.293. The second kappa shape index (κ2) is 5.86. The Morgan fingerprint density at radius 2 is 2.39 bits per heavy atom. The quantitative estimate of drug-likeness (QED) is 0.633. The summed E-state index contributed by atoms with van der Waals surface area (Å²) in [5, 5.41) is 14.0. The van der Waals surface area contributed by atoms with Crippen LogP contribution in [0.25, 0.3) is 0 Å². The molecule has 6 nitrogen and oxygen atoms in total. The van der Waals surface area contributed by atoms with Crippen molar-refractivity contribution in [1.82, 2.24) is 20.2 Å². The molecule has 18 heavy (non-hydrogen) atoms. The van der Waals surface area contributed by atoms with Crippen molar-refractivity contribution < 1.29 is 9.90 Å². The maximum Gasteiger partial charge on any atom is 0.404 e. The maximum absolute atomic E-state index is 10.3. The summed E-state index contributed by atoms with van der Waals surface area (Å²) in [7, 11) is 0. The molecule has 1 amide bonds. The van der Waals surface area contributed by atoms with Gasteiger partial charge in [-0.3, -0.25) is 0 Å². The first-order valence-electron chi connectivity index (χ1n) is 6.37. The number of rotatable bonds is 7. The van der Waals surface area contributed by atoms with E-state index in [0.29, 0.717) is 25.0 Å². The molecule has 1 unspecified atom stereocenters. The van der Waals surface area contributed by atoms with Crippen molar-refractivity contribution in [3.05, 3.63) is 18.2 Å². The number of nitrogens with one attached hydrogen (secondary N) is 2. The third-order valence-electron chi connectivity index (χ3n) is 3.03. The van der Waals surface area contributed by atoms with Crippen molar-refractivity contribution in [2.24, 2.45) is 0 Å². The van der Waals surface area contributed by atoms with Crippen LogP contribution in [0.2, 0.25) is 0 Å². The lowest BCUT2D eigenvalue weighted by molar-refractivity contribution is 0.194. The molecule has 0 aliphatic heterocycles. The first-order valence-corrected chi connectivity index (χ1v) is 6.37. The summed E-state index contributed by atoms with van der Waals surface area (Å²) < 4.78 is 2.09. The van der Waals surface area contributed by atoms with E-state index in [-0.39, 0.29) is 0 Å². The molecule has 3 N–H and O–H groups in total. The zero-order valence-electron chi connectivity index (χ0n) is 10.6. The summed E-state index contributed by atoms with van der Waals surface area (Å²) in [5.74, 6) is 0.689. The lowest BCUT2D eigenvalue weighted by Gasteiger charge is -2.14. The molecule has 0 aromatic carbocycles. The fourth-order valence-electron chi connectivity index (χ4n) is 1.94. The summed E-state index contributed by atoms with van der Waals surface area (Å²) in [5.41, 5.74) is 1.20. The SMILES string of the molecule is CC(Cn1cnc(C2CC2)c1)NCCNC(=O)O. The maximum atomic E-state index is 10.3. The van der Waals surface area contributed by atoms with E-state index >= 15 is 0 Å². The molecular formula is C12H20N4O2. The molecule has 2 rings (SSSR count). The molecule has 0 spiro atoms. The van der Waals surface area contributed by atoms with Crippen LogP contribution in [-0.4, -0.2) is 39.9 Å². The minimum atomic E-state index is -0.979. The third kappa shape index (κ3) is 4.03. The highest BCUT2D eigenvalue weighted by Crippen LogP contribution is 2.38. The molecule has 0 saturated heterocycles. The highest BCUT2D eigenvalue weighted by Gasteiger charge is 2.25. The van der Waals surface area contributed by atoms with Gasteiger partial charge in [0.1, 0.15) is 0 Å². The number of carboxylic acid groups (broad SMARTS) is 1. The molecule has 1 aliphatic carbocycles. The molecule has 6 heteroatoms. The number of imidazole rings is 1. The molecule has 1 heterocycles. The average Bonchev–Trinajstić information content (AvgIpc) is 3.06. The lowest BCUT2D eigenvalue weighted by Crippen LogP contribution is -2.37. The van der Waals surface area contributed by atoms with Crippen LogP contribution in [0.5, 0.6) is 0 Å². The molecule has 1 aromatic heterocycles. The van der Waals surface area contributed by atoms with Gasteiger partial charge in [0, 0.05) is 37.8 Å². The van der Waals surface area contributed by atoms with E-state index in [1.807, 2.05) is 6.33 Å². The standard InChI is InChI=1S/C12H20N4O2/c1-9(13-4-5-14-12(17)18)6-16-7-11(15-8-16)10-2-3-10/h7-10,13-14H,2-6H2,1H3,(H,17,18). The van der Waals surface area contributed by atoms with E-state index in [1.165, 1.54) is 18.5 Å². The first kappa shape index (κ1) is 12.9. The van der Waals surface area contributed by atoms with Crippen LogP contribution < -0.4 is 10.6 Å². The van der Waals surface area contributed by atoms with E-state index < -0.39 is 6.09 Å². The van der Waals surface area contributed by atoms with Gasteiger partial charge in [-0.15, -0.1) is 0 Å². The van der Waals surface area contributed by atoms with Crippen molar-refractivity contribution in [2.45, 2.75) is 38.3 Å². The van der Waals surface area contributed by atoms with E-state index in [4.69, 9.17) is 5.11 Å². The Bertz CT molecular complexity index is 401. The van der Waals surface area contributed by atoms with Gasteiger partial charge in [-0.1, -0.05) is 0 Å². The Morgan fingerprint density at radius 1 is 1.61 bits per heavy atom. The normalized spacial score (nSPS) is 16.5. The van der Waals surface area contributed by atoms with Crippen molar-refractivity contribution in [3.63, 3.8) is 0 Å². The number of hydrogen-bond donors (Lipinski definition) is 3. The van der Waals surface area contributed by atoms with Crippen LogP contribution in [0.4, 0.5) is 4.79 Å². The highest BCUT2D eigenvalue weighted by molar-refractivity contribution is 5.64. The molecule has 0 bridgehead atoms. The monoisotopic (exact) mass is 252 g/mol. The largest absolute Gasteiger partial charge is 0.465 e. The number of nitrogens with zero attached hydrogens (tertiary/aromatic N) is 2. The molecule has 1 fully saturated rings. The smallest absolute Gasteiger partial charge is 0.404 e. The van der Waals surface area contributed by atoms with Gasteiger partial charge in [0.2, 0.25) is 0 Å². The minimum Gasteiger partial charge on any atom is -0.465 e. The van der Waals surface area contributed by atoms with Gasteiger partial charge in [0.25, 0.3) is 0 Å².